The zero-order valence-electron chi connectivity index (χ0n) is 4.63. The summed E-state index contributed by atoms with van der Waals surface area (Å²) in [4.78, 5) is 19.9. The molecule has 0 amide bonds. The van der Waals surface area contributed by atoms with Crippen LogP contribution in [-0.4, -0.2) is 11.8 Å². The molecule has 2 unspecified atom stereocenters. The van der Waals surface area contributed by atoms with Gasteiger partial charge in [0, 0.05) is 0 Å². The van der Waals surface area contributed by atoms with Gasteiger partial charge in [-0.15, -0.1) is 4.91 Å². The highest BCUT2D eigenvalue weighted by Crippen LogP contribution is 2.44. The monoisotopic (exact) mass is 113 g/mol. The molecule has 0 aromatic carbocycles. The molecule has 1 aliphatic carbocycles. The smallest absolute Gasteiger partial charge is 0.160 e. The van der Waals surface area contributed by atoms with E-state index in [0.29, 0.717) is 12.7 Å². The zero-order valence-corrected chi connectivity index (χ0v) is 4.63. The summed E-state index contributed by atoms with van der Waals surface area (Å²) in [7, 11) is 0. The summed E-state index contributed by atoms with van der Waals surface area (Å²) >= 11 is 0. The first-order valence-electron chi connectivity index (χ1n) is 2.56. The summed E-state index contributed by atoms with van der Waals surface area (Å²) in [6.45, 7) is 1.84. The average molecular weight is 113 g/mol. The molecule has 0 aliphatic heterocycles. The maximum Gasteiger partial charge on any atom is 0.160 e. The van der Waals surface area contributed by atoms with E-state index in [1.807, 2.05) is 6.92 Å². The Labute approximate surface area is 47.0 Å². The van der Waals surface area contributed by atoms with E-state index in [1.165, 1.54) is 0 Å². The lowest BCUT2D eigenvalue weighted by Crippen LogP contribution is -2.07. The minimum absolute atomic E-state index is 0.178. The van der Waals surface area contributed by atoms with E-state index in [1.54, 1.807) is 0 Å². The van der Waals surface area contributed by atoms with Gasteiger partial charge in [0.25, 0.3) is 0 Å². The van der Waals surface area contributed by atoms with E-state index < -0.39 is 5.54 Å². The molecular weight excluding hydrogens is 106 g/mol. The maximum absolute atomic E-state index is 10.0. The molecule has 8 heavy (non-hydrogen) atoms. The Morgan fingerprint density at radius 3 is 2.38 bits per heavy atom. The molecule has 0 aromatic heterocycles. The Balaban J connectivity index is 2.64. The van der Waals surface area contributed by atoms with Gasteiger partial charge in [0.15, 0.2) is 11.8 Å². The molecule has 0 N–H and O–H groups in total. The highest BCUT2D eigenvalue weighted by atomic mass is 16.3. The van der Waals surface area contributed by atoms with Gasteiger partial charge in [-0.3, -0.25) is 0 Å². The van der Waals surface area contributed by atoms with Crippen LogP contribution in [0.2, 0.25) is 0 Å². The van der Waals surface area contributed by atoms with Crippen molar-refractivity contribution in [2.45, 2.75) is 18.9 Å². The molecule has 0 aromatic rings. The van der Waals surface area contributed by atoms with Crippen molar-refractivity contribution in [1.29, 1.82) is 0 Å². The van der Waals surface area contributed by atoms with Gasteiger partial charge in [-0.1, -0.05) is 12.1 Å². The van der Waals surface area contributed by atoms with Crippen LogP contribution in [-0.2, 0) is 4.79 Å². The molecular formula is C5H7NO2. The number of rotatable bonds is 2. The van der Waals surface area contributed by atoms with Crippen molar-refractivity contribution in [3.05, 3.63) is 4.91 Å². The lowest BCUT2D eigenvalue weighted by Gasteiger charge is -1.88. The second-order valence-corrected chi connectivity index (χ2v) is 2.31. The van der Waals surface area contributed by atoms with Crippen molar-refractivity contribution >= 4 is 6.29 Å². The topological polar surface area (TPSA) is 46.5 Å². The Hall–Kier alpha value is -0.730. The summed E-state index contributed by atoms with van der Waals surface area (Å²) in [5.41, 5.74) is -0.819. The molecule has 2 atom stereocenters. The minimum Gasteiger partial charge on any atom is -0.301 e. The molecule has 3 heteroatoms. The highest BCUT2D eigenvalue weighted by molar-refractivity contribution is 5.70. The molecule has 44 valence electrons. The van der Waals surface area contributed by atoms with E-state index in [-0.39, 0.29) is 5.92 Å². The third-order valence-corrected chi connectivity index (χ3v) is 1.70. The van der Waals surface area contributed by atoms with Crippen LogP contribution in [0.5, 0.6) is 0 Å². The van der Waals surface area contributed by atoms with E-state index in [2.05, 4.69) is 5.18 Å². The van der Waals surface area contributed by atoms with Gasteiger partial charge in [0.1, 0.15) is 0 Å². The van der Waals surface area contributed by atoms with E-state index in [9.17, 15) is 9.70 Å². The van der Waals surface area contributed by atoms with Crippen LogP contribution in [0.3, 0.4) is 0 Å². The summed E-state index contributed by atoms with van der Waals surface area (Å²) in [5.74, 6) is 0.178. The van der Waals surface area contributed by atoms with Crippen LogP contribution >= 0.6 is 0 Å². The average Bonchev–Trinajstić information content (AvgIpc) is 2.43. The van der Waals surface area contributed by atoms with E-state index >= 15 is 0 Å². The van der Waals surface area contributed by atoms with Crippen LogP contribution in [0.1, 0.15) is 13.3 Å². The first-order chi connectivity index (χ1) is 3.75. The van der Waals surface area contributed by atoms with Gasteiger partial charge in [-0.05, 0) is 12.3 Å². The highest BCUT2D eigenvalue weighted by Gasteiger charge is 2.53. The molecule has 1 rings (SSSR count). The van der Waals surface area contributed by atoms with Crippen molar-refractivity contribution in [2.24, 2.45) is 11.1 Å². The summed E-state index contributed by atoms with van der Waals surface area (Å²) in [6.07, 6.45) is 1.28. The normalized spacial score (nSPS) is 43.4. The Bertz CT molecular complexity index is 124. The van der Waals surface area contributed by atoms with Crippen LogP contribution in [0.25, 0.3) is 0 Å². The predicted molar refractivity (Wildman–Crippen MR) is 28.4 cm³/mol. The van der Waals surface area contributed by atoms with E-state index in [4.69, 9.17) is 0 Å². The first-order valence-corrected chi connectivity index (χ1v) is 2.56. The van der Waals surface area contributed by atoms with Crippen molar-refractivity contribution in [1.82, 2.24) is 0 Å². The van der Waals surface area contributed by atoms with Crippen molar-refractivity contribution in [2.75, 3.05) is 0 Å². The number of carbonyl (C=O) groups is 1. The molecule has 1 saturated carbocycles. The third kappa shape index (κ3) is 0.472. The second kappa shape index (κ2) is 1.37. The summed E-state index contributed by atoms with van der Waals surface area (Å²) < 4.78 is 0. The van der Waals surface area contributed by atoms with Gasteiger partial charge >= 0.3 is 0 Å². The molecule has 0 saturated heterocycles. The van der Waals surface area contributed by atoms with Gasteiger partial charge in [0.2, 0.25) is 0 Å². The number of hydrogen-bond donors (Lipinski definition) is 0. The SMILES string of the molecule is CC1CC1(C=O)N=O. The second-order valence-electron chi connectivity index (χ2n) is 2.31. The molecule has 1 fully saturated rings. The van der Waals surface area contributed by atoms with Gasteiger partial charge < -0.3 is 4.79 Å². The first kappa shape index (κ1) is 5.41. The zero-order chi connectivity index (χ0) is 6.20. The maximum atomic E-state index is 10.0. The molecule has 0 bridgehead atoms. The Kier molecular flexibility index (Phi) is 0.927. The van der Waals surface area contributed by atoms with Crippen LogP contribution in [0.15, 0.2) is 5.18 Å². The fourth-order valence-electron chi connectivity index (χ4n) is 0.745. The Morgan fingerprint density at radius 2 is 2.38 bits per heavy atom. The number of hydrogen-bond acceptors (Lipinski definition) is 3. The van der Waals surface area contributed by atoms with Crippen molar-refractivity contribution in [3.63, 3.8) is 0 Å². The van der Waals surface area contributed by atoms with E-state index in [0.717, 1.165) is 0 Å². The van der Waals surface area contributed by atoms with Crippen LogP contribution in [0, 0.1) is 10.8 Å². The summed E-state index contributed by atoms with van der Waals surface area (Å²) in [6, 6.07) is 0. The fraction of sp³-hybridized carbons (Fsp3) is 0.800. The standard InChI is InChI=1S/C5H7NO2/c1-4-2-5(4,3-7)6-8/h3-4H,2H2,1H3. The number of nitrogens with zero attached hydrogens (tertiary/aromatic N) is 1. The minimum atomic E-state index is -0.819. The number of carbonyl (C=O) groups excluding carboxylic acids is 1. The lowest BCUT2D eigenvalue weighted by atomic mass is 10.3. The molecule has 0 heterocycles. The van der Waals surface area contributed by atoms with Crippen LogP contribution in [0.4, 0.5) is 0 Å². The Morgan fingerprint density at radius 1 is 1.88 bits per heavy atom. The third-order valence-electron chi connectivity index (χ3n) is 1.70. The number of nitroso groups, excluding NO2 is 1. The number of aldehydes is 1. The summed E-state index contributed by atoms with van der Waals surface area (Å²) in [5, 5.41) is 2.71. The fourth-order valence-corrected chi connectivity index (χ4v) is 0.745. The van der Waals surface area contributed by atoms with Crippen molar-refractivity contribution < 1.29 is 4.79 Å². The van der Waals surface area contributed by atoms with Gasteiger partial charge in [-0.2, -0.15) is 0 Å². The lowest BCUT2D eigenvalue weighted by molar-refractivity contribution is -0.109. The molecule has 1 aliphatic rings. The van der Waals surface area contributed by atoms with Gasteiger partial charge in [0.05, 0.1) is 0 Å². The van der Waals surface area contributed by atoms with Crippen LogP contribution < -0.4 is 0 Å². The molecule has 0 spiro atoms. The quantitative estimate of drug-likeness (QED) is 0.391. The predicted octanol–water partition coefficient (Wildman–Crippen LogP) is 0.730. The molecule has 3 nitrogen and oxygen atoms in total. The van der Waals surface area contributed by atoms with Crippen molar-refractivity contribution in [3.8, 4) is 0 Å². The van der Waals surface area contributed by atoms with Gasteiger partial charge in [-0.25, -0.2) is 0 Å². The largest absolute Gasteiger partial charge is 0.301 e. The molecule has 0 radical (unpaired) electrons.